The molecule has 4 rings (SSSR count). The molecule has 1 aromatic heterocycles. The first-order valence-corrected chi connectivity index (χ1v) is 11.9. The highest BCUT2D eigenvalue weighted by Crippen LogP contribution is 2.39. The van der Waals surface area contributed by atoms with Crippen LogP contribution in [0.15, 0.2) is 64.5 Å². The molecule has 34 heavy (non-hydrogen) atoms. The number of anilines is 1. The Morgan fingerprint density at radius 2 is 1.91 bits per heavy atom. The number of fused-ring (bicyclic) bond motifs is 1. The predicted octanol–water partition coefficient (Wildman–Crippen LogP) is 5.26. The van der Waals surface area contributed by atoms with Crippen molar-refractivity contribution in [2.45, 2.75) is 46.4 Å². The van der Waals surface area contributed by atoms with E-state index in [4.69, 9.17) is 14.2 Å². The Labute approximate surface area is 207 Å². The molecule has 1 aliphatic heterocycles. The summed E-state index contributed by atoms with van der Waals surface area (Å²) in [6.07, 6.45) is 1.21. The van der Waals surface area contributed by atoms with Gasteiger partial charge in [0.25, 0.3) is 0 Å². The van der Waals surface area contributed by atoms with Gasteiger partial charge in [-0.2, -0.15) is 10.1 Å². The van der Waals surface area contributed by atoms with Gasteiger partial charge in [0.1, 0.15) is 19.0 Å². The normalized spacial score (nSPS) is 15.1. The summed E-state index contributed by atoms with van der Waals surface area (Å²) in [5.41, 5.74) is 2.99. The largest absolute Gasteiger partial charge is 0.490 e. The van der Waals surface area contributed by atoms with E-state index in [2.05, 4.69) is 31.3 Å². The molecule has 3 aromatic rings. The van der Waals surface area contributed by atoms with Crippen LogP contribution in [-0.4, -0.2) is 33.4 Å². The molecule has 0 spiro atoms. The summed E-state index contributed by atoms with van der Waals surface area (Å²) in [5, 5.41) is 7.51. The van der Waals surface area contributed by atoms with E-state index in [0.717, 1.165) is 15.6 Å². The first-order chi connectivity index (χ1) is 16.4. The zero-order valence-electron chi connectivity index (χ0n) is 19.5. The van der Waals surface area contributed by atoms with E-state index in [0.29, 0.717) is 41.9 Å². The second-order valence-electron chi connectivity index (χ2n) is 8.10. The van der Waals surface area contributed by atoms with Gasteiger partial charge in [-0.1, -0.05) is 34.1 Å². The molecule has 1 aliphatic rings. The van der Waals surface area contributed by atoms with Crippen LogP contribution in [0.5, 0.6) is 11.5 Å². The van der Waals surface area contributed by atoms with Gasteiger partial charge in [0.2, 0.25) is 5.95 Å². The van der Waals surface area contributed by atoms with E-state index in [1.807, 2.05) is 70.2 Å². The van der Waals surface area contributed by atoms with Gasteiger partial charge >= 0.3 is 5.97 Å². The summed E-state index contributed by atoms with van der Waals surface area (Å²) in [4.78, 5) is 17.3. The van der Waals surface area contributed by atoms with Crippen molar-refractivity contribution in [1.29, 1.82) is 0 Å². The highest BCUT2D eigenvalue weighted by molar-refractivity contribution is 9.10. The number of rotatable bonds is 8. The molecule has 0 saturated carbocycles. The third-order valence-corrected chi connectivity index (χ3v) is 5.78. The van der Waals surface area contributed by atoms with Crippen LogP contribution in [0.1, 0.15) is 44.9 Å². The molecule has 0 aliphatic carbocycles. The highest BCUT2D eigenvalue weighted by Gasteiger charge is 2.35. The molecule has 2 heterocycles. The Hall–Kier alpha value is -3.33. The van der Waals surface area contributed by atoms with Gasteiger partial charge in [-0.15, -0.1) is 0 Å². The van der Waals surface area contributed by atoms with Crippen LogP contribution in [0.25, 0.3) is 0 Å². The molecule has 0 bridgehead atoms. The maximum absolute atomic E-state index is 13.1. The third kappa shape index (κ3) is 5.09. The van der Waals surface area contributed by atoms with Crippen molar-refractivity contribution < 1.29 is 19.0 Å². The molecule has 8 nitrogen and oxygen atoms in total. The summed E-state index contributed by atoms with van der Waals surface area (Å²) in [6.45, 7) is 8.27. The Kier molecular flexibility index (Phi) is 7.21. The zero-order chi connectivity index (χ0) is 24.2. The lowest BCUT2D eigenvalue weighted by atomic mass is 9.95. The maximum Gasteiger partial charge on any atom is 0.338 e. The van der Waals surface area contributed by atoms with Crippen LogP contribution in [-0.2, 0) is 16.1 Å². The van der Waals surface area contributed by atoms with Crippen molar-refractivity contribution in [3.8, 4) is 11.5 Å². The lowest BCUT2D eigenvalue weighted by Crippen LogP contribution is -2.30. The third-order valence-electron chi connectivity index (χ3n) is 5.25. The topological polar surface area (TPSA) is 87.5 Å². The van der Waals surface area contributed by atoms with Crippen LogP contribution in [0, 0.1) is 0 Å². The first-order valence-electron chi connectivity index (χ1n) is 11.1. The van der Waals surface area contributed by atoms with Crippen molar-refractivity contribution >= 4 is 27.8 Å². The fourth-order valence-corrected chi connectivity index (χ4v) is 4.03. The van der Waals surface area contributed by atoms with Crippen LogP contribution >= 0.6 is 15.9 Å². The second kappa shape index (κ2) is 10.3. The monoisotopic (exact) mass is 526 g/mol. The Balaban J connectivity index is 1.69. The number of carbonyl (C=O) groups excluding carboxylic acids is 1. The van der Waals surface area contributed by atoms with Crippen LogP contribution in [0.2, 0.25) is 0 Å². The smallest absolute Gasteiger partial charge is 0.338 e. The number of esters is 1. The average Bonchev–Trinajstić information content (AvgIpc) is 3.26. The van der Waals surface area contributed by atoms with Gasteiger partial charge in [0, 0.05) is 10.2 Å². The highest BCUT2D eigenvalue weighted by atomic mass is 79.9. The van der Waals surface area contributed by atoms with Gasteiger partial charge in [-0.05, 0) is 63.1 Å². The van der Waals surface area contributed by atoms with Crippen molar-refractivity contribution in [2.75, 3.05) is 11.9 Å². The standard InChI is InChI=1S/C25H27BrN4O4/c1-5-32-21-12-18(8-11-20(21)33-13-17-6-9-19(26)10-7-17)23-22(24(31)34-15(2)3)16(4)29-25-27-14-28-30(23)25/h6-12,14-15,23H,5,13H2,1-4H3,(H,27,28,29). The fourth-order valence-electron chi connectivity index (χ4n) is 3.77. The zero-order valence-corrected chi connectivity index (χ0v) is 21.1. The molecule has 0 radical (unpaired) electrons. The van der Waals surface area contributed by atoms with Gasteiger partial charge < -0.3 is 19.5 Å². The Bertz CT molecular complexity index is 1200. The molecule has 1 N–H and O–H groups in total. The van der Waals surface area contributed by atoms with Crippen molar-refractivity contribution in [2.24, 2.45) is 0 Å². The first kappa shape index (κ1) is 23.8. The lowest BCUT2D eigenvalue weighted by molar-refractivity contribution is -0.143. The summed E-state index contributed by atoms with van der Waals surface area (Å²) in [6, 6.07) is 13.1. The van der Waals surface area contributed by atoms with Crippen LogP contribution < -0.4 is 14.8 Å². The summed E-state index contributed by atoms with van der Waals surface area (Å²) in [5.74, 6) is 1.36. The molecule has 1 atom stereocenters. The number of carbonyl (C=O) groups is 1. The minimum Gasteiger partial charge on any atom is -0.490 e. The van der Waals surface area contributed by atoms with E-state index in [1.165, 1.54) is 6.33 Å². The number of allylic oxidation sites excluding steroid dienone is 1. The Morgan fingerprint density at radius 1 is 1.15 bits per heavy atom. The molecule has 0 fully saturated rings. The second-order valence-corrected chi connectivity index (χ2v) is 9.02. The van der Waals surface area contributed by atoms with Crippen molar-refractivity contribution in [1.82, 2.24) is 14.8 Å². The molecule has 2 aromatic carbocycles. The number of halogens is 1. The molecule has 1 unspecified atom stereocenters. The molecular formula is C25H27BrN4O4. The number of nitrogens with zero attached hydrogens (tertiary/aromatic N) is 3. The van der Waals surface area contributed by atoms with Crippen molar-refractivity contribution in [3.05, 3.63) is 75.7 Å². The number of aromatic nitrogens is 3. The van der Waals surface area contributed by atoms with E-state index in [1.54, 1.807) is 4.68 Å². The maximum atomic E-state index is 13.1. The number of nitrogens with one attached hydrogen (secondary N) is 1. The SMILES string of the molecule is CCOc1cc(C2C(C(=O)OC(C)C)=C(C)Nc3ncnn32)ccc1OCc1ccc(Br)cc1. The number of benzene rings is 2. The molecular weight excluding hydrogens is 500 g/mol. The fraction of sp³-hybridized carbons (Fsp3) is 0.320. The van der Waals surface area contributed by atoms with Gasteiger partial charge in [-0.3, -0.25) is 0 Å². The summed E-state index contributed by atoms with van der Waals surface area (Å²) in [7, 11) is 0. The van der Waals surface area contributed by atoms with Gasteiger partial charge in [0.15, 0.2) is 11.5 Å². The van der Waals surface area contributed by atoms with Crippen molar-refractivity contribution in [3.63, 3.8) is 0 Å². The van der Waals surface area contributed by atoms with E-state index < -0.39 is 12.0 Å². The number of hydrogen-bond donors (Lipinski definition) is 1. The van der Waals surface area contributed by atoms with E-state index >= 15 is 0 Å². The van der Waals surface area contributed by atoms with E-state index in [9.17, 15) is 4.79 Å². The van der Waals surface area contributed by atoms with Gasteiger partial charge in [0.05, 0.1) is 18.3 Å². The minimum atomic E-state index is -0.523. The van der Waals surface area contributed by atoms with Gasteiger partial charge in [-0.25, -0.2) is 9.48 Å². The summed E-state index contributed by atoms with van der Waals surface area (Å²) < 4.78 is 20.2. The lowest BCUT2D eigenvalue weighted by Gasteiger charge is -2.29. The summed E-state index contributed by atoms with van der Waals surface area (Å²) >= 11 is 3.45. The average molecular weight is 527 g/mol. The molecule has 0 amide bonds. The molecule has 9 heteroatoms. The quantitative estimate of drug-likeness (QED) is 0.400. The Morgan fingerprint density at radius 3 is 2.62 bits per heavy atom. The van der Waals surface area contributed by atoms with Crippen LogP contribution in [0.3, 0.4) is 0 Å². The number of ether oxygens (including phenoxy) is 3. The minimum absolute atomic E-state index is 0.251. The predicted molar refractivity (Wildman–Crippen MR) is 132 cm³/mol. The molecule has 178 valence electrons. The van der Waals surface area contributed by atoms with E-state index in [-0.39, 0.29) is 6.10 Å². The van der Waals surface area contributed by atoms with Crippen LogP contribution in [0.4, 0.5) is 5.95 Å². The molecule has 0 saturated heterocycles. The number of hydrogen-bond acceptors (Lipinski definition) is 7.